The molecule has 0 amide bonds. The number of benzene rings is 1. The van der Waals surface area contributed by atoms with E-state index in [1.165, 1.54) is 37.8 Å². The first-order chi connectivity index (χ1) is 9.28. The molecule has 2 nitrogen and oxygen atoms in total. The molecule has 100 valence electrons. The van der Waals surface area contributed by atoms with Crippen LogP contribution in [0.4, 0.5) is 5.69 Å². The molecule has 3 heteroatoms. The number of nitriles is 1. The first kappa shape index (κ1) is 12.8. The number of hydrogen-bond donors (Lipinski definition) is 0. The Kier molecular flexibility index (Phi) is 3.66. The van der Waals surface area contributed by atoms with Gasteiger partial charge in [0.05, 0.1) is 10.6 Å². The van der Waals surface area contributed by atoms with Crippen molar-refractivity contribution in [3.8, 4) is 6.07 Å². The van der Waals surface area contributed by atoms with Crippen molar-refractivity contribution >= 4 is 17.3 Å². The van der Waals surface area contributed by atoms with E-state index in [4.69, 9.17) is 16.9 Å². The minimum absolute atomic E-state index is 0.568. The molecule has 1 aliphatic carbocycles. The van der Waals surface area contributed by atoms with Crippen LogP contribution >= 0.6 is 11.6 Å². The van der Waals surface area contributed by atoms with Crippen molar-refractivity contribution in [2.75, 3.05) is 18.0 Å². The molecule has 3 rings (SSSR count). The van der Waals surface area contributed by atoms with Crippen molar-refractivity contribution in [1.82, 2.24) is 0 Å². The van der Waals surface area contributed by atoms with Crippen molar-refractivity contribution in [1.29, 1.82) is 5.26 Å². The van der Waals surface area contributed by atoms with Crippen LogP contribution < -0.4 is 4.90 Å². The van der Waals surface area contributed by atoms with Gasteiger partial charge >= 0.3 is 0 Å². The molecule has 1 saturated carbocycles. The van der Waals surface area contributed by atoms with Crippen LogP contribution in [0, 0.1) is 23.2 Å². The molecule has 19 heavy (non-hydrogen) atoms. The molecule has 0 spiro atoms. The maximum Gasteiger partial charge on any atom is 0.101 e. The van der Waals surface area contributed by atoms with Crippen molar-refractivity contribution in [3.63, 3.8) is 0 Å². The third-order valence-electron chi connectivity index (χ3n) is 4.73. The molecule has 2 fully saturated rings. The number of fused-ring (bicyclic) bond motifs is 1. The van der Waals surface area contributed by atoms with E-state index in [2.05, 4.69) is 11.0 Å². The standard InChI is InChI=1S/C16H19ClN2/c17-16-9-15(6-5-13(16)10-18)19-8-7-12-3-1-2-4-14(12)11-19/h5-6,9,12,14H,1-4,7-8,11H2. The first-order valence-electron chi connectivity index (χ1n) is 7.22. The fraction of sp³-hybridized carbons (Fsp3) is 0.562. The van der Waals surface area contributed by atoms with Crippen molar-refractivity contribution in [2.45, 2.75) is 32.1 Å². The van der Waals surface area contributed by atoms with Gasteiger partial charge in [-0.15, -0.1) is 0 Å². The fourth-order valence-corrected chi connectivity index (χ4v) is 3.84. The smallest absolute Gasteiger partial charge is 0.101 e. The lowest BCUT2D eigenvalue weighted by molar-refractivity contribution is 0.202. The van der Waals surface area contributed by atoms with E-state index in [0.29, 0.717) is 10.6 Å². The van der Waals surface area contributed by atoms with E-state index in [-0.39, 0.29) is 0 Å². The molecule has 2 unspecified atom stereocenters. The minimum atomic E-state index is 0.568. The van der Waals surface area contributed by atoms with Gasteiger partial charge < -0.3 is 4.90 Å². The quantitative estimate of drug-likeness (QED) is 0.766. The second kappa shape index (κ2) is 5.43. The zero-order chi connectivity index (χ0) is 13.2. The molecule has 1 aromatic carbocycles. The van der Waals surface area contributed by atoms with E-state index in [9.17, 15) is 0 Å². The summed E-state index contributed by atoms with van der Waals surface area (Å²) in [6.07, 6.45) is 6.92. The Labute approximate surface area is 120 Å². The zero-order valence-corrected chi connectivity index (χ0v) is 11.9. The second-order valence-electron chi connectivity index (χ2n) is 5.82. The highest BCUT2D eigenvalue weighted by molar-refractivity contribution is 6.32. The lowest BCUT2D eigenvalue weighted by atomic mass is 9.75. The number of halogens is 1. The van der Waals surface area contributed by atoms with Gasteiger partial charge in [0.2, 0.25) is 0 Å². The molecule has 1 heterocycles. The summed E-state index contributed by atoms with van der Waals surface area (Å²) in [7, 11) is 0. The van der Waals surface area contributed by atoms with E-state index in [1.54, 1.807) is 0 Å². The normalized spacial score (nSPS) is 26.6. The van der Waals surface area contributed by atoms with Gasteiger partial charge in [-0.1, -0.05) is 30.9 Å². The summed E-state index contributed by atoms with van der Waals surface area (Å²) in [4.78, 5) is 2.44. The molecule has 1 aromatic rings. The number of anilines is 1. The van der Waals surface area contributed by atoms with Gasteiger partial charge in [0.25, 0.3) is 0 Å². The topological polar surface area (TPSA) is 27.0 Å². The summed E-state index contributed by atoms with van der Waals surface area (Å²) in [5.41, 5.74) is 1.74. The van der Waals surface area contributed by atoms with Crippen molar-refractivity contribution in [3.05, 3.63) is 28.8 Å². The number of hydrogen-bond acceptors (Lipinski definition) is 2. The molecule has 2 aliphatic rings. The van der Waals surface area contributed by atoms with Crippen molar-refractivity contribution in [2.24, 2.45) is 11.8 Å². The number of piperidine rings is 1. The summed E-state index contributed by atoms with van der Waals surface area (Å²) in [6.45, 7) is 2.29. The van der Waals surface area contributed by atoms with Gasteiger partial charge in [0.15, 0.2) is 0 Å². The predicted octanol–water partition coefficient (Wildman–Crippen LogP) is 4.23. The molecular formula is C16H19ClN2. The van der Waals surface area contributed by atoms with Crippen LogP contribution in [0.2, 0.25) is 5.02 Å². The van der Waals surface area contributed by atoms with Crippen LogP contribution in [0.15, 0.2) is 18.2 Å². The number of rotatable bonds is 1. The fourth-order valence-electron chi connectivity index (χ4n) is 3.63. The van der Waals surface area contributed by atoms with E-state index < -0.39 is 0 Å². The van der Waals surface area contributed by atoms with E-state index in [1.807, 2.05) is 18.2 Å². The third-order valence-corrected chi connectivity index (χ3v) is 5.04. The SMILES string of the molecule is N#Cc1ccc(N2CCC3CCCCC3C2)cc1Cl. The monoisotopic (exact) mass is 274 g/mol. The molecule has 2 atom stereocenters. The van der Waals surface area contributed by atoms with E-state index in [0.717, 1.165) is 24.9 Å². The van der Waals surface area contributed by atoms with Gasteiger partial charge in [0.1, 0.15) is 6.07 Å². The minimum Gasteiger partial charge on any atom is -0.371 e. The lowest BCUT2D eigenvalue weighted by Gasteiger charge is -2.42. The molecule has 0 bridgehead atoms. The van der Waals surface area contributed by atoms with E-state index >= 15 is 0 Å². The highest BCUT2D eigenvalue weighted by atomic mass is 35.5. The largest absolute Gasteiger partial charge is 0.371 e. The molecule has 1 saturated heterocycles. The highest BCUT2D eigenvalue weighted by Crippen LogP contribution is 2.38. The average molecular weight is 275 g/mol. The Balaban J connectivity index is 1.76. The Morgan fingerprint density at radius 3 is 2.68 bits per heavy atom. The number of nitrogens with zero attached hydrogens (tertiary/aromatic N) is 2. The maximum atomic E-state index is 8.93. The summed E-state index contributed by atoms with van der Waals surface area (Å²) in [5, 5.41) is 9.50. The van der Waals surface area contributed by atoms with Crippen LogP contribution in [0.25, 0.3) is 0 Å². The predicted molar refractivity (Wildman–Crippen MR) is 78.4 cm³/mol. The third kappa shape index (κ3) is 2.58. The zero-order valence-electron chi connectivity index (χ0n) is 11.1. The molecule has 0 N–H and O–H groups in total. The Bertz CT molecular complexity index is 506. The van der Waals surface area contributed by atoms with Crippen LogP contribution in [-0.4, -0.2) is 13.1 Å². The summed E-state index contributed by atoms with van der Waals surface area (Å²) in [5.74, 6) is 1.80. The van der Waals surface area contributed by atoms with Crippen LogP contribution in [0.1, 0.15) is 37.7 Å². The van der Waals surface area contributed by atoms with Crippen LogP contribution in [0.5, 0.6) is 0 Å². The van der Waals surface area contributed by atoms with Crippen LogP contribution in [-0.2, 0) is 0 Å². The van der Waals surface area contributed by atoms with Crippen molar-refractivity contribution < 1.29 is 0 Å². The Morgan fingerprint density at radius 2 is 1.95 bits per heavy atom. The molecule has 0 aromatic heterocycles. The molecular weight excluding hydrogens is 256 g/mol. The van der Waals surface area contributed by atoms with Crippen LogP contribution in [0.3, 0.4) is 0 Å². The summed E-state index contributed by atoms with van der Waals surface area (Å²) < 4.78 is 0. The molecule has 0 radical (unpaired) electrons. The van der Waals surface area contributed by atoms with Gasteiger partial charge in [-0.2, -0.15) is 5.26 Å². The average Bonchev–Trinajstić information content (AvgIpc) is 2.46. The highest BCUT2D eigenvalue weighted by Gasteiger charge is 2.31. The second-order valence-corrected chi connectivity index (χ2v) is 6.22. The van der Waals surface area contributed by atoms with Gasteiger partial charge in [-0.25, -0.2) is 0 Å². The summed E-state index contributed by atoms with van der Waals surface area (Å²) in [6, 6.07) is 7.94. The maximum absolute atomic E-state index is 8.93. The first-order valence-corrected chi connectivity index (χ1v) is 7.60. The Morgan fingerprint density at radius 1 is 1.16 bits per heavy atom. The lowest BCUT2D eigenvalue weighted by Crippen LogP contribution is -2.41. The summed E-state index contributed by atoms with van der Waals surface area (Å²) >= 11 is 6.14. The Hall–Kier alpha value is -1.20. The van der Waals surface area contributed by atoms with Gasteiger partial charge in [0, 0.05) is 18.8 Å². The molecule has 1 aliphatic heterocycles. The van der Waals surface area contributed by atoms with Gasteiger partial charge in [-0.05, 0) is 42.9 Å². The van der Waals surface area contributed by atoms with Gasteiger partial charge in [-0.3, -0.25) is 0 Å².